The molecule has 0 fully saturated rings. The Labute approximate surface area is 61.8 Å². The molecule has 0 unspecified atom stereocenters. The summed E-state index contributed by atoms with van der Waals surface area (Å²) in [7, 11) is 0. The summed E-state index contributed by atoms with van der Waals surface area (Å²) < 4.78 is 0. The van der Waals surface area contributed by atoms with Gasteiger partial charge in [0.25, 0.3) is 0 Å². The zero-order valence-electron chi connectivity index (χ0n) is 4.95. The molecule has 0 saturated carbocycles. The smallest absolute Gasteiger partial charge is 0.401 e. The molecule has 5 nitrogen and oxygen atoms in total. The van der Waals surface area contributed by atoms with Crippen LogP contribution in [-0.2, 0) is 4.79 Å². The van der Waals surface area contributed by atoms with Crippen molar-refractivity contribution in [2.75, 3.05) is 13.2 Å². The van der Waals surface area contributed by atoms with Gasteiger partial charge in [-0.3, -0.25) is 4.79 Å². The van der Waals surface area contributed by atoms with Gasteiger partial charge in [-0.25, -0.2) is 4.79 Å². The molecule has 0 saturated heterocycles. The molecule has 0 aliphatic carbocycles. The van der Waals surface area contributed by atoms with Crippen molar-refractivity contribution in [1.29, 1.82) is 0 Å². The van der Waals surface area contributed by atoms with Gasteiger partial charge in [0.15, 0.2) is 5.78 Å². The van der Waals surface area contributed by atoms with Crippen LogP contribution in [0.15, 0.2) is 0 Å². The molecule has 0 rings (SSSR count). The number of ketones is 1. The SMILES string of the molecule is O=C(CO)CO.O=C(O)Cl. The van der Waals surface area contributed by atoms with Crippen LogP contribution in [0.2, 0.25) is 0 Å². The van der Waals surface area contributed by atoms with Crippen LogP contribution in [0.25, 0.3) is 0 Å². The number of hydrogen-bond acceptors (Lipinski definition) is 4. The van der Waals surface area contributed by atoms with Crippen LogP contribution < -0.4 is 0 Å². The lowest BCUT2D eigenvalue weighted by Gasteiger charge is -1.81. The molecule has 6 heteroatoms. The van der Waals surface area contributed by atoms with E-state index in [4.69, 9.17) is 20.1 Å². The number of halogens is 1. The van der Waals surface area contributed by atoms with Crippen molar-refractivity contribution < 1.29 is 24.9 Å². The van der Waals surface area contributed by atoms with Gasteiger partial charge in [0.05, 0.1) is 0 Å². The molecule has 0 atom stereocenters. The van der Waals surface area contributed by atoms with Gasteiger partial charge in [0, 0.05) is 11.6 Å². The van der Waals surface area contributed by atoms with E-state index >= 15 is 0 Å². The fourth-order valence-electron chi connectivity index (χ4n) is 0.0500. The maximum absolute atomic E-state index is 9.68. The highest BCUT2D eigenvalue weighted by Crippen LogP contribution is 1.67. The Morgan fingerprint density at radius 2 is 1.40 bits per heavy atom. The van der Waals surface area contributed by atoms with Gasteiger partial charge in [-0.05, 0) is 0 Å². The van der Waals surface area contributed by atoms with Crippen LogP contribution >= 0.6 is 11.6 Å². The monoisotopic (exact) mass is 170 g/mol. The second-order valence-corrected chi connectivity index (χ2v) is 1.43. The molecule has 0 spiro atoms. The Morgan fingerprint density at radius 3 is 1.40 bits per heavy atom. The number of carbonyl (C=O) groups excluding carboxylic acids is 1. The Hall–Kier alpha value is -0.650. The fourth-order valence-corrected chi connectivity index (χ4v) is 0.0500. The van der Waals surface area contributed by atoms with E-state index in [0.29, 0.717) is 0 Å². The van der Waals surface area contributed by atoms with Crippen molar-refractivity contribution in [2.45, 2.75) is 0 Å². The molecule has 0 aromatic carbocycles. The largest absolute Gasteiger partial charge is 0.469 e. The molecule has 0 bridgehead atoms. The zero-order valence-corrected chi connectivity index (χ0v) is 5.71. The lowest BCUT2D eigenvalue weighted by Crippen LogP contribution is -2.07. The standard InChI is InChI=1S/C3H6O3.CHClO2/c4-1-3(6)2-5;2-1(3)4/h4-5H,1-2H2;(H,3,4). The Bertz CT molecular complexity index is 102. The molecule has 0 heterocycles. The maximum Gasteiger partial charge on any atom is 0.401 e. The predicted molar refractivity (Wildman–Crippen MR) is 33.1 cm³/mol. The summed E-state index contributed by atoms with van der Waals surface area (Å²) in [6.07, 6.45) is 0. The van der Waals surface area contributed by atoms with Crippen molar-refractivity contribution in [1.82, 2.24) is 0 Å². The van der Waals surface area contributed by atoms with E-state index in [0.717, 1.165) is 0 Å². The molecule has 0 aliphatic heterocycles. The summed E-state index contributed by atoms with van der Waals surface area (Å²) >= 11 is 4.19. The van der Waals surface area contributed by atoms with Crippen molar-refractivity contribution in [3.05, 3.63) is 0 Å². The Kier molecular flexibility index (Phi) is 10.1. The number of aliphatic hydroxyl groups excluding tert-OH is 2. The highest BCUT2D eigenvalue weighted by atomic mass is 35.5. The normalized spacial score (nSPS) is 7.50. The predicted octanol–water partition coefficient (Wildman–Crippen LogP) is -0.557. The van der Waals surface area contributed by atoms with Crippen molar-refractivity contribution in [2.24, 2.45) is 0 Å². The summed E-state index contributed by atoms with van der Waals surface area (Å²) in [6, 6.07) is 0. The average molecular weight is 171 g/mol. The van der Waals surface area contributed by atoms with Gasteiger partial charge in [0.1, 0.15) is 13.2 Å². The first-order chi connectivity index (χ1) is 4.54. The number of carboxylic acid groups (broad SMARTS) is 1. The quantitative estimate of drug-likeness (QED) is 0.483. The van der Waals surface area contributed by atoms with Gasteiger partial charge in [-0.15, -0.1) is 0 Å². The molecule has 0 amide bonds. The summed E-state index contributed by atoms with van der Waals surface area (Å²) in [6.45, 7) is -1.12. The number of rotatable bonds is 2. The minimum Gasteiger partial charge on any atom is -0.469 e. The molecular formula is C4H7ClO5. The second-order valence-electron chi connectivity index (χ2n) is 1.11. The van der Waals surface area contributed by atoms with E-state index in [1.54, 1.807) is 0 Å². The van der Waals surface area contributed by atoms with E-state index in [9.17, 15) is 4.79 Å². The summed E-state index contributed by atoms with van der Waals surface area (Å²) in [5.74, 6) is -0.546. The molecule has 0 aromatic rings. The summed E-state index contributed by atoms with van der Waals surface area (Å²) in [5, 5.41) is 22.8. The van der Waals surface area contributed by atoms with Gasteiger partial charge < -0.3 is 15.3 Å². The van der Waals surface area contributed by atoms with Crippen molar-refractivity contribution in [3.8, 4) is 0 Å². The second kappa shape index (κ2) is 8.35. The van der Waals surface area contributed by atoms with Gasteiger partial charge in [-0.1, -0.05) is 0 Å². The van der Waals surface area contributed by atoms with E-state index < -0.39 is 24.4 Å². The topological polar surface area (TPSA) is 94.8 Å². The Balaban J connectivity index is 0. The first-order valence-electron chi connectivity index (χ1n) is 2.16. The molecule has 0 aromatic heterocycles. The lowest BCUT2D eigenvalue weighted by molar-refractivity contribution is -0.124. The average Bonchev–Trinajstić information content (AvgIpc) is 1.85. The summed E-state index contributed by atoms with van der Waals surface area (Å²) in [4.78, 5) is 18.4. The van der Waals surface area contributed by atoms with E-state index in [2.05, 4.69) is 11.6 Å². The summed E-state index contributed by atoms with van der Waals surface area (Å²) in [5.41, 5.74) is -1.36. The third-order valence-electron chi connectivity index (χ3n) is 0.353. The first-order valence-corrected chi connectivity index (χ1v) is 2.54. The molecule has 10 heavy (non-hydrogen) atoms. The van der Waals surface area contributed by atoms with Crippen molar-refractivity contribution >= 4 is 22.8 Å². The minimum absolute atomic E-state index is 0.546. The first kappa shape index (κ1) is 12.1. The number of hydrogen-bond donors (Lipinski definition) is 3. The lowest BCUT2D eigenvalue weighted by atomic mass is 10.5. The van der Waals surface area contributed by atoms with Crippen molar-refractivity contribution in [3.63, 3.8) is 0 Å². The van der Waals surface area contributed by atoms with Gasteiger partial charge in [0.2, 0.25) is 0 Å². The van der Waals surface area contributed by atoms with Gasteiger partial charge in [-0.2, -0.15) is 0 Å². The van der Waals surface area contributed by atoms with Crippen LogP contribution in [0.3, 0.4) is 0 Å². The molecule has 0 radical (unpaired) electrons. The zero-order chi connectivity index (χ0) is 8.57. The number of aliphatic hydroxyl groups is 2. The number of Topliss-reactive ketones (excluding diaryl/α,β-unsaturated/α-hetero) is 1. The van der Waals surface area contributed by atoms with Crippen LogP contribution in [0.5, 0.6) is 0 Å². The van der Waals surface area contributed by atoms with Crippen LogP contribution in [0, 0.1) is 0 Å². The third kappa shape index (κ3) is 26.4. The molecule has 60 valence electrons. The van der Waals surface area contributed by atoms with Crippen LogP contribution in [0.4, 0.5) is 4.79 Å². The molecular weight excluding hydrogens is 163 g/mol. The van der Waals surface area contributed by atoms with E-state index in [-0.39, 0.29) is 0 Å². The highest BCUT2D eigenvalue weighted by Gasteiger charge is 1.89. The maximum atomic E-state index is 9.68. The van der Waals surface area contributed by atoms with Gasteiger partial charge >= 0.3 is 5.43 Å². The van der Waals surface area contributed by atoms with Crippen LogP contribution in [0.1, 0.15) is 0 Å². The minimum atomic E-state index is -1.36. The van der Waals surface area contributed by atoms with E-state index in [1.807, 2.05) is 0 Å². The third-order valence-corrected chi connectivity index (χ3v) is 0.353. The Morgan fingerprint density at radius 1 is 1.20 bits per heavy atom. The van der Waals surface area contributed by atoms with Crippen LogP contribution in [-0.4, -0.2) is 39.7 Å². The fraction of sp³-hybridized carbons (Fsp3) is 0.500. The van der Waals surface area contributed by atoms with E-state index in [1.165, 1.54) is 0 Å². The molecule has 0 aliphatic rings. The highest BCUT2D eigenvalue weighted by molar-refractivity contribution is 6.60. The number of carbonyl (C=O) groups is 2. The molecule has 3 N–H and O–H groups in total.